The molecule has 2 rings (SSSR count). The van der Waals surface area contributed by atoms with Crippen LogP contribution in [0.15, 0.2) is 29.2 Å². The SMILES string of the molecule is CCC(C(=O)O)N1CCN(c2ccc(S(N)(=O)=O)cc2)CC1. The summed E-state index contributed by atoms with van der Waals surface area (Å²) in [7, 11) is -3.68. The third-order valence-electron chi connectivity index (χ3n) is 3.96. The highest BCUT2D eigenvalue weighted by atomic mass is 32.2. The number of rotatable bonds is 5. The summed E-state index contributed by atoms with van der Waals surface area (Å²) in [5.74, 6) is -0.784. The van der Waals surface area contributed by atoms with E-state index in [1.807, 2.05) is 11.8 Å². The minimum Gasteiger partial charge on any atom is -0.480 e. The molecule has 1 fully saturated rings. The van der Waals surface area contributed by atoms with Crippen molar-refractivity contribution in [2.75, 3.05) is 31.1 Å². The average molecular weight is 327 g/mol. The van der Waals surface area contributed by atoms with Gasteiger partial charge in [-0.1, -0.05) is 6.92 Å². The topological polar surface area (TPSA) is 104 Å². The van der Waals surface area contributed by atoms with Gasteiger partial charge < -0.3 is 10.0 Å². The number of sulfonamides is 1. The zero-order valence-electron chi connectivity index (χ0n) is 12.5. The van der Waals surface area contributed by atoms with Crippen molar-refractivity contribution < 1.29 is 18.3 Å². The van der Waals surface area contributed by atoms with E-state index in [1.165, 1.54) is 12.1 Å². The number of carbonyl (C=O) groups is 1. The maximum atomic E-state index is 11.2. The van der Waals surface area contributed by atoms with Crippen LogP contribution in [0, 0.1) is 0 Å². The van der Waals surface area contributed by atoms with Gasteiger partial charge in [0.25, 0.3) is 0 Å². The Labute approximate surface area is 130 Å². The fourth-order valence-electron chi connectivity index (χ4n) is 2.73. The second-order valence-corrected chi connectivity index (χ2v) is 6.89. The summed E-state index contributed by atoms with van der Waals surface area (Å²) in [5, 5.41) is 14.3. The molecule has 1 aromatic rings. The average Bonchev–Trinajstić information content (AvgIpc) is 2.47. The Bertz CT molecular complexity index is 622. The summed E-state index contributed by atoms with van der Waals surface area (Å²) in [6.45, 7) is 4.62. The molecule has 0 aliphatic carbocycles. The molecule has 3 N–H and O–H groups in total. The Morgan fingerprint density at radius 1 is 1.23 bits per heavy atom. The molecule has 7 nitrogen and oxygen atoms in total. The zero-order chi connectivity index (χ0) is 16.3. The monoisotopic (exact) mass is 327 g/mol. The molecule has 1 aliphatic heterocycles. The molecule has 0 saturated carbocycles. The smallest absolute Gasteiger partial charge is 0.320 e. The summed E-state index contributed by atoms with van der Waals surface area (Å²) in [4.78, 5) is 15.4. The predicted octanol–water partition coefficient (Wildman–Crippen LogP) is 0.319. The van der Waals surface area contributed by atoms with Gasteiger partial charge in [-0.2, -0.15) is 0 Å². The van der Waals surface area contributed by atoms with Crippen LogP contribution in [0.2, 0.25) is 0 Å². The standard InChI is InChI=1S/C14H21N3O4S/c1-2-13(14(18)19)17-9-7-16(8-10-17)11-3-5-12(6-4-11)22(15,20)21/h3-6,13H,2,7-10H2,1H3,(H,18,19)(H2,15,20,21). The first-order chi connectivity index (χ1) is 10.3. The van der Waals surface area contributed by atoms with Gasteiger partial charge in [0.1, 0.15) is 6.04 Å². The van der Waals surface area contributed by atoms with E-state index in [0.29, 0.717) is 32.6 Å². The highest BCUT2D eigenvalue weighted by molar-refractivity contribution is 7.89. The van der Waals surface area contributed by atoms with Crippen LogP contribution in [0.3, 0.4) is 0 Å². The van der Waals surface area contributed by atoms with Crippen LogP contribution in [0.4, 0.5) is 5.69 Å². The number of benzene rings is 1. The summed E-state index contributed by atoms with van der Waals surface area (Å²) in [5.41, 5.74) is 0.912. The number of piperazine rings is 1. The summed E-state index contributed by atoms with van der Waals surface area (Å²) in [6.07, 6.45) is 0.582. The summed E-state index contributed by atoms with van der Waals surface area (Å²) in [6, 6.07) is 5.99. The normalized spacial score (nSPS) is 18.2. The minimum absolute atomic E-state index is 0.0896. The van der Waals surface area contributed by atoms with E-state index in [1.54, 1.807) is 12.1 Å². The molecule has 122 valence electrons. The minimum atomic E-state index is -3.68. The van der Waals surface area contributed by atoms with Crippen LogP contribution in [-0.4, -0.2) is 56.6 Å². The van der Waals surface area contributed by atoms with Gasteiger partial charge in [0.15, 0.2) is 0 Å². The fraction of sp³-hybridized carbons (Fsp3) is 0.500. The number of anilines is 1. The molecule has 0 aromatic heterocycles. The number of nitrogens with two attached hydrogens (primary N) is 1. The van der Waals surface area contributed by atoms with E-state index in [2.05, 4.69) is 4.90 Å². The van der Waals surface area contributed by atoms with Crippen molar-refractivity contribution in [3.63, 3.8) is 0 Å². The number of carboxylic acids is 1. The zero-order valence-corrected chi connectivity index (χ0v) is 13.3. The number of carboxylic acid groups (broad SMARTS) is 1. The second-order valence-electron chi connectivity index (χ2n) is 5.32. The fourth-order valence-corrected chi connectivity index (χ4v) is 3.24. The third kappa shape index (κ3) is 3.76. The van der Waals surface area contributed by atoms with Crippen LogP contribution in [-0.2, 0) is 14.8 Å². The lowest BCUT2D eigenvalue weighted by molar-refractivity contribution is -0.143. The Balaban J connectivity index is 2.01. The van der Waals surface area contributed by atoms with E-state index in [9.17, 15) is 18.3 Å². The van der Waals surface area contributed by atoms with Gasteiger partial charge in [0.2, 0.25) is 10.0 Å². The first-order valence-electron chi connectivity index (χ1n) is 7.17. The van der Waals surface area contributed by atoms with Gasteiger partial charge >= 0.3 is 5.97 Å². The molecule has 22 heavy (non-hydrogen) atoms. The molecule has 1 aliphatic rings. The molecular formula is C14H21N3O4S. The lowest BCUT2D eigenvalue weighted by Gasteiger charge is -2.38. The van der Waals surface area contributed by atoms with Crippen molar-refractivity contribution in [2.45, 2.75) is 24.3 Å². The van der Waals surface area contributed by atoms with Crippen molar-refractivity contribution in [3.05, 3.63) is 24.3 Å². The third-order valence-corrected chi connectivity index (χ3v) is 4.89. The van der Waals surface area contributed by atoms with Crippen LogP contribution in [0.1, 0.15) is 13.3 Å². The number of aliphatic carboxylic acids is 1. The van der Waals surface area contributed by atoms with E-state index >= 15 is 0 Å². The van der Waals surface area contributed by atoms with Crippen molar-refractivity contribution in [2.24, 2.45) is 5.14 Å². The van der Waals surface area contributed by atoms with E-state index in [-0.39, 0.29) is 4.90 Å². The van der Waals surface area contributed by atoms with Gasteiger partial charge in [-0.15, -0.1) is 0 Å². The molecule has 8 heteroatoms. The van der Waals surface area contributed by atoms with Crippen molar-refractivity contribution >= 4 is 21.7 Å². The van der Waals surface area contributed by atoms with Gasteiger partial charge in [0, 0.05) is 31.9 Å². The maximum Gasteiger partial charge on any atom is 0.320 e. The maximum absolute atomic E-state index is 11.2. The van der Waals surface area contributed by atoms with Gasteiger partial charge in [-0.25, -0.2) is 13.6 Å². The van der Waals surface area contributed by atoms with E-state index < -0.39 is 22.0 Å². The molecule has 1 saturated heterocycles. The van der Waals surface area contributed by atoms with Crippen LogP contribution >= 0.6 is 0 Å². The van der Waals surface area contributed by atoms with Gasteiger partial charge in [0.05, 0.1) is 4.90 Å². The summed E-state index contributed by atoms with van der Waals surface area (Å²) < 4.78 is 22.5. The Morgan fingerprint density at radius 2 is 1.77 bits per heavy atom. The molecule has 0 radical (unpaired) electrons. The Kier molecular flexibility index (Phi) is 5.05. The second kappa shape index (κ2) is 6.64. The molecule has 0 spiro atoms. The molecule has 1 aromatic carbocycles. The lowest BCUT2D eigenvalue weighted by atomic mass is 10.1. The molecule has 1 heterocycles. The quantitative estimate of drug-likeness (QED) is 0.807. The highest BCUT2D eigenvalue weighted by Crippen LogP contribution is 2.20. The Morgan fingerprint density at radius 3 is 2.18 bits per heavy atom. The summed E-state index contributed by atoms with van der Waals surface area (Å²) >= 11 is 0. The van der Waals surface area contributed by atoms with Gasteiger partial charge in [-0.05, 0) is 30.7 Å². The van der Waals surface area contributed by atoms with Crippen LogP contribution < -0.4 is 10.0 Å². The van der Waals surface area contributed by atoms with Crippen molar-refractivity contribution in [3.8, 4) is 0 Å². The largest absolute Gasteiger partial charge is 0.480 e. The molecule has 0 bridgehead atoms. The molecular weight excluding hydrogens is 306 g/mol. The molecule has 1 unspecified atom stereocenters. The number of primary sulfonamides is 1. The predicted molar refractivity (Wildman–Crippen MR) is 83.3 cm³/mol. The molecule has 1 atom stereocenters. The van der Waals surface area contributed by atoms with Crippen molar-refractivity contribution in [1.82, 2.24) is 4.90 Å². The van der Waals surface area contributed by atoms with E-state index in [0.717, 1.165) is 5.69 Å². The molecule has 0 amide bonds. The van der Waals surface area contributed by atoms with E-state index in [4.69, 9.17) is 5.14 Å². The van der Waals surface area contributed by atoms with Gasteiger partial charge in [-0.3, -0.25) is 9.69 Å². The first kappa shape index (κ1) is 16.7. The number of nitrogens with zero attached hydrogens (tertiary/aromatic N) is 2. The number of hydrogen-bond donors (Lipinski definition) is 2. The Hall–Kier alpha value is -1.64. The highest BCUT2D eigenvalue weighted by Gasteiger charge is 2.27. The van der Waals surface area contributed by atoms with Crippen LogP contribution in [0.5, 0.6) is 0 Å². The van der Waals surface area contributed by atoms with Crippen LogP contribution in [0.25, 0.3) is 0 Å². The number of hydrogen-bond acceptors (Lipinski definition) is 5. The van der Waals surface area contributed by atoms with Crippen molar-refractivity contribution in [1.29, 1.82) is 0 Å². The first-order valence-corrected chi connectivity index (χ1v) is 8.72. The lowest BCUT2D eigenvalue weighted by Crippen LogP contribution is -2.52.